The number of nitrogens with one attached hydrogen (secondary N) is 1. The fraction of sp³-hybridized carbons (Fsp3) is 0.833. The summed E-state index contributed by atoms with van der Waals surface area (Å²) in [7, 11) is -3.29. The van der Waals surface area contributed by atoms with Gasteiger partial charge >= 0.3 is 5.97 Å². The van der Waals surface area contributed by atoms with Gasteiger partial charge in [-0.3, -0.25) is 4.79 Å². The number of rotatable bonds is 3. The van der Waals surface area contributed by atoms with Crippen LogP contribution in [0.2, 0.25) is 0 Å². The molecule has 5 nitrogen and oxygen atoms in total. The van der Waals surface area contributed by atoms with Gasteiger partial charge < -0.3 is 4.74 Å². The van der Waals surface area contributed by atoms with Gasteiger partial charge in [0, 0.05) is 6.42 Å². The fourth-order valence-electron chi connectivity index (χ4n) is 0.903. The Morgan fingerprint density at radius 3 is 2.75 bits per heavy atom. The van der Waals surface area contributed by atoms with Crippen molar-refractivity contribution in [3.63, 3.8) is 0 Å². The first-order valence-corrected chi connectivity index (χ1v) is 5.37. The Morgan fingerprint density at radius 1 is 1.67 bits per heavy atom. The second-order valence-electron chi connectivity index (χ2n) is 2.53. The van der Waals surface area contributed by atoms with E-state index in [0.29, 0.717) is 13.0 Å². The second kappa shape index (κ2) is 3.40. The van der Waals surface area contributed by atoms with Crippen molar-refractivity contribution in [3.8, 4) is 0 Å². The summed E-state index contributed by atoms with van der Waals surface area (Å²) in [5.41, 5.74) is 0. The quantitative estimate of drug-likeness (QED) is 0.598. The van der Waals surface area contributed by atoms with Crippen molar-refractivity contribution in [3.05, 3.63) is 0 Å². The molecule has 1 saturated heterocycles. The Labute approximate surface area is 71.1 Å². The monoisotopic (exact) mass is 193 g/mol. The average Bonchev–Trinajstić information content (AvgIpc) is 2.36. The Balaban J connectivity index is 2.57. The predicted octanol–water partition coefficient (Wildman–Crippen LogP) is -0.759. The van der Waals surface area contributed by atoms with Gasteiger partial charge in [0.2, 0.25) is 10.0 Å². The van der Waals surface area contributed by atoms with E-state index in [-0.39, 0.29) is 5.75 Å². The lowest BCUT2D eigenvalue weighted by molar-refractivity contribution is -0.139. The number of cyclic esters (lactones) is 1. The third kappa shape index (κ3) is 2.18. The van der Waals surface area contributed by atoms with Crippen molar-refractivity contribution < 1.29 is 17.9 Å². The van der Waals surface area contributed by atoms with Gasteiger partial charge in [0.05, 0.1) is 12.4 Å². The molecule has 0 aromatic heterocycles. The third-order valence-corrected chi connectivity index (χ3v) is 3.04. The zero-order valence-corrected chi connectivity index (χ0v) is 7.56. The van der Waals surface area contributed by atoms with E-state index < -0.39 is 22.0 Å². The number of esters is 1. The molecule has 1 atom stereocenters. The lowest BCUT2D eigenvalue weighted by Crippen LogP contribution is -2.38. The van der Waals surface area contributed by atoms with Crippen LogP contribution in [0.3, 0.4) is 0 Å². The molecule has 0 aromatic carbocycles. The van der Waals surface area contributed by atoms with Gasteiger partial charge in [-0.15, -0.1) is 0 Å². The first-order valence-electron chi connectivity index (χ1n) is 3.72. The molecule has 6 heteroatoms. The maximum absolute atomic E-state index is 11.0. The van der Waals surface area contributed by atoms with Crippen LogP contribution >= 0.6 is 0 Å². The average molecular weight is 193 g/mol. The summed E-state index contributed by atoms with van der Waals surface area (Å²) in [6, 6.07) is -0.671. The van der Waals surface area contributed by atoms with Crippen LogP contribution in [-0.4, -0.2) is 32.8 Å². The molecule has 1 aliphatic heterocycles. The highest BCUT2D eigenvalue weighted by atomic mass is 32.2. The Kier molecular flexibility index (Phi) is 2.69. The highest BCUT2D eigenvalue weighted by Crippen LogP contribution is 2.06. The number of ether oxygens (including phenoxy) is 1. The molecule has 0 aromatic rings. The minimum absolute atomic E-state index is 0.0171. The van der Waals surface area contributed by atoms with Gasteiger partial charge in [0.15, 0.2) is 0 Å². The van der Waals surface area contributed by atoms with Crippen LogP contribution in [0, 0.1) is 0 Å². The maximum Gasteiger partial charge on any atom is 0.324 e. The molecular formula is C6H11NO4S. The van der Waals surface area contributed by atoms with Gasteiger partial charge in [0.1, 0.15) is 6.04 Å². The van der Waals surface area contributed by atoms with E-state index in [9.17, 15) is 13.2 Å². The molecule has 1 heterocycles. The van der Waals surface area contributed by atoms with Crippen molar-refractivity contribution >= 4 is 16.0 Å². The van der Waals surface area contributed by atoms with E-state index in [2.05, 4.69) is 9.46 Å². The fourth-order valence-corrected chi connectivity index (χ4v) is 1.72. The van der Waals surface area contributed by atoms with Crippen molar-refractivity contribution in [1.29, 1.82) is 0 Å². The first-order chi connectivity index (χ1) is 5.55. The first kappa shape index (κ1) is 9.47. The van der Waals surface area contributed by atoms with Crippen molar-refractivity contribution in [2.75, 3.05) is 12.4 Å². The molecule has 0 spiro atoms. The smallest absolute Gasteiger partial charge is 0.324 e. The summed E-state index contributed by atoms with van der Waals surface area (Å²) in [5, 5.41) is 0. The molecule has 1 N–H and O–H groups in total. The number of sulfonamides is 1. The molecule has 0 aliphatic carbocycles. The van der Waals surface area contributed by atoms with Crippen LogP contribution in [0.25, 0.3) is 0 Å². The second-order valence-corrected chi connectivity index (χ2v) is 4.57. The van der Waals surface area contributed by atoms with E-state index in [1.165, 1.54) is 6.92 Å². The van der Waals surface area contributed by atoms with Gasteiger partial charge in [-0.2, -0.15) is 0 Å². The summed E-state index contributed by atoms with van der Waals surface area (Å²) in [6.45, 7) is 1.82. The molecule has 1 rings (SSSR count). The molecule has 0 radical (unpaired) electrons. The summed E-state index contributed by atoms with van der Waals surface area (Å²) in [5.74, 6) is -0.497. The van der Waals surface area contributed by atoms with E-state index in [4.69, 9.17) is 0 Å². The van der Waals surface area contributed by atoms with Crippen molar-refractivity contribution in [1.82, 2.24) is 4.72 Å². The SMILES string of the molecule is CCS(=O)(=O)N[C@H]1CCOC1=O. The van der Waals surface area contributed by atoms with Crippen LogP contribution < -0.4 is 4.72 Å². The summed E-state index contributed by atoms with van der Waals surface area (Å²) in [4.78, 5) is 10.8. The lowest BCUT2D eigenvalue weighted by Gasteiger charge is -2.06. The molecule has 1 aliphatic rings. The molecule has 0 amide bonds. The minimum atomic E-state index is -3.29. The highest BCUT2D eigenvalue weighted by Gasteiger charge is 2.29. The minimum Gasteiger partial charge on any atom is -0.464 e. The summed E-state index contributed by atoms with van der Waals surface area (Å²) < 4.78 is 28.8. The van der Waals surface area contributed by atoms with Crippen LogP contribution in [0.4, 0.5) is 0 Å². The molecular weight excluding hydrogens is 182 g/mol. The zero-order valence-electron chi connectivity index (χ0n) is 6.74. The summed E-state index contributed by atoms with van der Waals surface area (Å²) in [6.07, 6.45) is 0.429. The van der Waals surface area contributed by atoms with E-state index in [0.717, 1.165) is 0 Å². The topological polar surface area (TPSA) is 72.5 Å². The van der Waals surface area contributed by atoms with Crippen LogP contribution in [0.5, 0.6) is 0 Å². The standard InChI is InChI=1S/C6H11NO4S/c1-2-12(9,10)7-5-3-4-11-6(5)8/h5,7H,2-4H2,1H3/t5-/m0/s1. The van der Waals surface area contributed by atoms with Crippen LogP contribution in [0.15, 0.2) is 0 Å². The summed E-state index contributed by atoms with van der Waals surface area (Å²) >= 11 is 0. The molecule has 0 saturated carbocycles. The normalized spacial score (nSPS) is 24.1. The zero-order chi connectivity index (χ0) is 9.19. The third-order valence-electron chi connectivity index (χ3n) is 1.64. The van der Waals surface area contributed by atoms with Crippen molar-refractivity contribution in [2.24, 2.45) is 0 Å². The van der Waals surface area contributed by atoms with E-state index >= 15 is 0 Å². The molecule has 0 bridgehead atoms. The molecule has 70 valence electrons. The van der Waals surface area contributed by atoms with E-state index in [1.54, 1.807) is 0 Å². The largest absolute Gasteiger partial charge is 0.464 e. The molecule has 12 heavy (non-hydrogen) atoms. The highest BCUT2D eigenvalue weighted by molar-refractivity contribution is 7.89. The van der Waals surface area contributed by atoms with Crippen molar-refractivity contribution in [2.45, 2.75) is 19.4 Å². The Hall–Kier alpha value is -0.620. The van der Waals surface area contributed by atoms with Crippen LogP contribution in [-0.2, 0) is 19.6 Å². The van der Waals surface area contributed by atoms with Gasteiger partial charge in [-0.05, 0) is 6.92 Å². The maximum atomic E-state index is 11.0. The van der Waals surface area contributed by atoms with Gasteiger partial charge in [-0.25, -0.2) is 13.1 Å². The predicted molar refractivity (Wildman–Crippen MR) is 42.0 cm³/mol. The van der Waals surface area contributed by atoms with Crippen LogP contribution in [0.1, 0.15) is 13.3 Å². The Bertz CT molecular complexity index is 271. The van der Waals surface area contributed by atoms with E-state index in [1.807, 2.05) is 0 Å². The molecule has 0 unspecified atom stereocenters. The molecule has 1 fully saturated rings. The number of carbonyl (C=O) groups excluding carboxylic acids is 1. The lowest BCUT2D eigenvalue weighted by atomic mass is 10.3. The Morgan fingerprint density at radius 2 is 2.33 bits per heavy atom. The van der Waals surface area contributed by atoms with Gasteiger partial charge in [0.25, 0.3) is 0 Å². The number of carbonyl (C=O) groups is 1. The number of hydrogen-bond acceptors (Lipinski definition) is 4. The number of hydrogen-bond donors (Lipinski definition) is 1. The van der Waals surface area contributed by atoms with Gasteiger partial charge in [-0.1, -0.05) is 0 Å².